The Morgan fingerprint density at radius 3 is 2.56 bits per heavy atom. The van der Waals surface area contributed by atoms with E-state index in [9.17, 15) is 4.79 Å². The summed E-state index contributed by atoms with van der Waals surface area (Å²) in [6.07, 6.45) is 1.84. The molecule has 1 amide bonds. The molecule has 2 aromatic carbocycles. The highest BCUT2D eigenvalue weighted by molar-refractivity contribution is 7.10. The monoisotopic (exact) mass is 374 g/mol. The minimum absolute atomic E-state index is 0.125. The fraction of sp³-hybridized carbons (Fsp3) is 0.0909. The van der Waals surface area contributed by atoms with Gasteiger partial charge in [0.25, 0.3) is 5.91 Å². The fourth-order valence-electron chi connectivity index (χ4n) is 2.97. The second-order valence-electron chi connectivity index (χ2n) is 6.19. The smallest absolute Gasteiger partial charge is 0.282 e. The van der Waals surface area contributed by atoms with Crippen molar-refractivity contribution < 1.29 is 9.53 Å². The van der Waals surface area contributed by atoms with Crippen LogP contribution in [0.15, 0.2) is 76.7 Å². The highest BCUT2D eigenvalue weighted by atomic mass is 32.1. The topological polar surface area (TPSA) is 41.9 Å². The molecule has 1 aliphatic rings. The van der Waals surface area contributed by atoms with Crippen molar-refractivity contribution in [2.45, 2.75) is 6.92 Å². The summed E-state index contributed by atoms with van der Waals surface area (Å²) in [6, 6.07) is 19.4. The molecule has 0 spiro atoms. The molecular weight excluding hydrogens is 356 g/mol. The summed E-state index contributed by atoms with van der Waals surface area (Å²) >= 11 is 1.58. The van der Waals surface area contributed by atoms with Crippen molar-refractivity contribution in [3.8, 4) is 5.75 Å². The number of aliphatic imine (C=N–C) groups is 1. The molecule has 5 heteroatoms. The molecule has 0 unspecified atom stereocenters. The van der Waals surface area contributed by atoms with E-state index >= 15 is 0 Å². The van der Waals surface area contributed by atoms with Gasteiger partial charge in [-0.25, -0.2) is 4.99 Å². The second-order valence-corrected chi connectivity index (χ2v) is 7.17. The maximum absolute atomic E-state index is 13.2. The van der Waals surface area contributed by atoms with Crippen molar-refractivity contribution in [1.82, 2.24) is 0 Å². The van der Waals surface area contributed by atoms with Crippen molar-refractivity contribution in [2.75, 3.05) is 12.0 Å². The van der Waals surface area contributed by atoms with Gasteiger partial charge in [0.15, 0.2) is 0 Å². The van der Waals surface area contributed by atoms with E-state index in [1.54, 1.807) is 23.3 Å². The number of hydrogen-bond donors (Lipinski definition) is 0. The fourth-order valence-corrected chi connectivity index (χ4v) is 3.62. The number of amides is 1. The van der Waals surface area contributed by atoms with E-state index in [0.29, 0.717) is 11.5 Å². The number of thiophene rings is 1. The summed E-state index contributed by atoms with van der Waals surface area (Å²) < 4.78 is 5.24. The van der Waals surface area contributed by atoms with Crippen LogP contribution >= 0.6 is 11.3 Å². The lowest BCUT2D eigenvalue weighted by Gasteiger charge is -2.19. The number of carbonyl (C=O) groups excluding carboxylic acids is 1. The number of nitrogens with zero attached hydrogens (tertiary/aromatic N) is 2. The highest BCUT2D eigenvalue weighted by Crippen LogP contribution is 2.29. The van der Waals surface area contributed by atoms with Crippen LogP contribution in [0.2, 0.25) is 0 Å². The van der Waals surface area contributed by atoms with Crippen LogP contribution in [0, 0.1) is 6.92 Å². The zero-order valence-electron chi connectivity index (χ0n) is 15.0. The molecule has 0 N–H and O–H groups in total. The summed E-state index contributed by atoms with van der Waals surface area (Å²) in [6.45, 7) is 2.01. The van der Waals surface area contributed by atoms with Crippen LogP contribution in [0.1, 0.15) is 16.0 Å². The van der Waals surface area contributed by atoms with Gasteiger partial charge in [-0.15, -0.1) is 11.3 Å². The third kappa shape index (κ3) is 3.41. The molecule has 4 nitrogen and oxygen atoms in total. The number of carbonyl (C=O) groups is 1. The van der Waals surface area contributed by atoms with Gasteiger partial charge >= 0.3 is 0 Å². The van der Waals surface area contributed by atoms with Crippen LogP contribution in [-0.2, 0) is 4.79 Å². The number of rotatable bonds is 4. The van der Waals surface area contributed by atoms with Crippen LogP contribution < -0.4 is 9.64 Å². The number of anilines is 1. The van der Waals surface area contributed by atoms with Gasteiger partial charge in [-0.1, -0.05) is 18.2 Å². The van der Waals surface area contributed by atoms with E-state index in [-0.39, 0.29) is 5.91 Å². The van der Waals surface area contributed by atoms with Crippen LogP contribution in [0.4, 0.5) is 5.69 Å². The lowest BCUT2D eigenvalue weighted by Crippen LogP contribution is -2.32. The number of methoxy groups -OCH3 is 1. The van der Waals surface area contributed by atoms with Crippen LogP contribution in [-0.4, -0.2) is 18.9 Å². The van der Waals surface area contributed by atoms with Gasteiger partial charge in [0.2, 0.25) is 0 Å². The van der Waals surface area contributed by atoms with Gasteiger partial charge in [0.1, 0.15) is 17.3 Å². The normalized spacial score (nSPS) is 15.3. The number of hydrogen-bond acceptors (Lipinski definition) is 4. The number of aryl methyl sites for hydroxylation is 1. The first-order chi connectivity index (χ1) is 13.2. The quantitative estimate of drug-likeness (QED) is 0.610. The van der Waals surface area contributed by atoms with Crippen molar-refractivity contribution >= 4 is 34.8 Å². The van der Waals surface area contributed by atoms with E-state index in [4.69, 9.17) is 4.74 Å². The maximum Gasteiger partial charge on any atom is 0.282 e. The average molecular weight is 374 g/mol. The molecule has 4 rings (SSSR count). The molecule has 0 aliphatic carbocycles. The molecule has 0 saturated heterocycles. The Hall–Kier alpha value is -3.18. The third-order valence-corrected chi connectivity index (χ3v) is 5.11. The predicted octanol–water partition coefficient (Wildman–Crippen LogP) is 4.90. The van der Waals surface area contributed by atoms with Crippen molar-refractivity contribution in [3.63, 3.8) is 0 Å². The Kier molecular flexibility index (Phi) is 4.60. The summed E-state index contributed by atoms with van der Waals surface area (Å²) in [5.41, 5.74) is 3.19. The molecule has 0 fully saturated rings. The molecule has 1 aliphatic heterocycles. The first kappa shape index (κ1) is 17.2. The number of ether oxygens (including phenoxy) is 1. The SMILES string of the molecule is COc1ccc(C2=N/C(=C/c3cccs3)C(=O)N2c2cccc(C)c2)cc1. The summed E-state index contributed by atoms with van der Waals surface area (Å²) in [5.74, 6) is 1.26. The predicted molar refractivity (Wildman–Crippen MR) is 110 cm³/mol. The van der Waals surface area contributed by atoms with E-state index in [0.717, 1.165) is 27.4 Å². The van der Waals surface area contributed by atoms with E-state index in [2.05, 4.69) is 4.99 Å². The number of amidine groups is 1. The lowest BCUT2D eigenvalue weighted by atomic mass is 10.1. The standard InChI is InChI=1S/C22H18N2O2S/c1-15-5-3-6-17(13-15)24-21(16-8-10-18(26-2)11-9-16)23-20(22(24)25)14-19-7-4-12-27-19/h3-14H,1-2H3/b20-14+. The zero-order chi connectivity index (χ0) is 18.8. The molecule has 134 valence electrons. The van der Waals surface area contributed by atoms with E-state index in [1.807, 2.05) is 79.0 Å². The Labute approximate surface area is 162 Å². The lowest BCUT2D eigenvalue weighted by molar-refractivity contribution is -0.113. The van der Waals surface area contributed by atoms with Gasteiger partial charge in [-0.2, -0.15) is 0 Å². The zero-order valence-corrected chi connectivity index (χ0v) is 15.9. The molecule has 0 radical (unpaired) electrons. The molecule has 1 aromatic heterocycles. The molecule has 0 saturated carbocycles. The Bertz CT molecular complexity index is 1030. The van der Waals surface area contributed by atoms with Crippen LogP contribution in [0.25, 0.3) is 6.08 Å². The summed E-state index contributed by atoms with van der Waals surface area (Å²) in [4.78, 5) is 20.5. The molecular formula is C22H18N2O2S. The van der Waals surface area contributed by atoms with Crippen molar-refractivity contribution in [3.05, 3.63) is 87.7 Å². The Morgan fingerprint density at radius 2 is 1.89 bits per heavy atom. The van der Waals surface area contributed by atoms with E-state index in [1.165, 1.54) is 0 Å². The minimum Gasteiger partial charge on any atom is -0.497 e. The Balaban J connectivity index is 1.82. The maximum atomic E-state index is 13.2. The van der Waals surface area contributed by atoms with E-state index < -0.39 is 0 Å². The van der Waals surface area contributed by atoms with Crippen molar-refractivity contribution in [2.24, 2.45) is 4.99 Å². The first-order valence-corrected chi connectivity index (χ1v) is 9.43. The van der Waals surface area contributed by atoms with Gasteiger partial charge in [-0.3, -0.25) is 9.69 Å². The van der Waals surface area contributed by atoms with Gasteiger partial charge in [0, 0.05) is 10.4 Å². The largest absolute Gasteiger partial charge is 0.497 e. The highest BCUT2D eigenvalue weighted by Gasteiger charge is 2.32. The number of benzene rings is 2. The third-order valence-electron chi connectivity index (χ3n) is 4.29. The second kappa shape index (κ2) is 7.21. The van der Waals surface area contributed by atoms with Gasteiger partial charge in [-0.05, 0) is 66.4 Å². The average Bonchev–Trinajstić information content (AvgIpc) is 3.30. The molecule has 2 heterocycles. The molecule has 0 bridgehead atoms. The molecule has 27 heavy (non-hydrogen) atoms. The minimum atomic E-state index is -0.125. The first-order valence-electron chi connectivity index (χ1n) is 8.55. The Morgan fingerprint density at radius 1 is 1.07 bits per heavy atom. The van der Waals surface area contributed by atoms with Gasteiger partial charge < -0.3 is 4.74 Å². The van der Waals surface area contributed by atoms with Crippen molar-refractivity contribution in [1.29, 1.82) is 0 Å². The molecule has 0 atom stereocenters. The van der Waals surface area contributed by atoms with Crippen LogP contribution in [0.3, 0.4) is 0 Å². The summed E-state index contributed by atoms with van der Waals surface area (Å²) in [5, 5.41) is 1.98. The summed E-state index contributed by atoms with van der Waals surface area (Å²) in [7, 11) is 1.63. The van der Waals surface area contributed by atoms with Gasteiger partial charge in [0.05, 0.1) is 12.8 Å². The molecule has 3 aromatic rings. The van der Waals surface area contributed by atoms with Crippen LogP contribution in [0.5, 0.6) is 5.75 Å².